The van der Waals surface area contributed by atoms with Gasteiger partial charge in [-0.3, -0.25) is 9.36 Å². The Morgan fingerprint density at radius 2 is 1.79 bits per heavy atom. The van der Waals surface area contributed by atoms with Crippen LogP contribution in [0.25, 0.3) is 11.4 Å². The monoisotopic (exact) mass is 465 g/mol. The summed E-state index contributed by atoms with van der Waals surface area (Å²) in [6.45, 7) is 3.84. The van der Waals surface area contributed by atoms with Gasteiger partial charge in [0, 0.05) is 11.6 Å². The van der Waals surface area contributed by atoms with Gasteiger partial charge in [-0.1, -0.05) is 73.0 Å². The number of amides is 1. The van der Waals surface area contributed by atoms with E-state index >= 15 is 0 Å². The highest BCUT2D eigenvalue weighted by Crippen LogP contribution is 2.35. The largest absolute Gasteiger partial charge is 0.299 e. The summed E-state index contributed by atoms with van der Waals surface area (Å²) in [4.78, 5) is 12.5. The van der Waals surface area contributed by atoms with E-state index in [-0.39, 0.29) is 17.5 Å². The molecule has 0 spiro atoms. The van der Waals surface area contributed by atoms with Crippen molar-refractivity contribution in [1.29, 1.82) is 0 Å². The molecule has 1 N–H and O–H groups in total. The normalized spacial score (nSPS) is 14.9. The van der Waals surface area contributed by atoms with Gasteiger partial charge in [-0.15, -0.1) is 10.2 Å². The maximum absolute atomic E-state index is 13.1. The zero-order valence-corrected chi connectivity index (χ0v) is 19.7. The fourth-order valence-electron chi connectivity index (χ4n) is 4.01. The number of carbonyl (C=O) groups excluding carboxylic acids is 1. The number of hydrazone groups is 1. The van der Waals surface area contributed by atoms with Gasteiger partial charge < -0.3 is 0 Å². The summed E-state index contributed by atoms with van der Waals surface area (Å²) in [5, 5.41) is 13.8. The molecule has 1 saturated carbocycles. The molecule has 1 aromatic heterocycles. The molecule has 0 bridgehead atoms. The highest BCUT2D eigenvalue weighted by atomic mass is 32.2. The van der Waals surface area contributed by atoms with Gasteiger partial charge in [0.1, 0.15) is 5.82 Å². The van der Waals surface area contributed by atoms with Gasteiger partial charge in [0.2, 0.25) is 0 Å². The zero-order chi connectivity index (χ0) is 23.2. The van der Waals surface area contributed by atoms with Crippen LogP contribution >= 0.6 is 11.8 Å². The van der Waals surface area contributed by atoms with Crippen LogP contribution in [0.1, 0.15) is 56.2 Å². The summed E-state index contributed by atoms with van der Waals surface area (Å²) in [7, 11) is 0. The molecule has 172 valence electrons. The van der Waals surface area contributed by atoms with Crippen molar-refractivity contribution in [3.63, 3.8) is 0 Å². The SMILES string of the molecule is CC(=NNC(=O)CSc1nnc(-c2ccc(C)cc2)n1C1CCCCC1)c1ccc(F)cc1. The van der Waals surface area contributed by atoms with Gasteiger partial charge in [-0.05, 0) is 44.4 Å². The Balaban J connectivity index is 1.47. The molecule has 0 radical (unpaired) electrons. The van der Waals surface area contributed by atoms with Crippen molar-refractivity contribution in [2.24, 2.45) is 5.10 Å². The number of nitrogens with zero attached hydrogens (tertiary/aromatic N) is 4. The third kappa shape index (κ3) is 5.87. The Labute approximate surface area is 197 Å². The summed E-state index contributed by atoms with van der Waals surface area (Å²) in [5.74, 6) is 0.504. The van der Waals surface area contributed by atoms with Crippen molar-refractivity contribution in [2.45, 2.75) is 57.1 Å². The van der Waals surface area contributed by atoms with E-state index in [0.717, 1.165) is 34.9 Å². The van der Waals surface area contributed by atoms with Crippen LogP contribution < -0.4 is 5.43 Å². The molecule has 1 aliphatic carbocycles. The summed E-state index contributed by atoms with van der Waals surface area (Å²) in [5.41, 5.74) is 6.19. The number of carbonyl (C=O) groups is 1. The van der Waals surface area contributed by atoms with Crippen LogP contribution in [0, 0.1) is 12.7 Å². The second kappa shape index (κ2) is 10.7. The lowest BCUT2D eigenvalue weighted by Gasteiger charge is -2.25. The van der Waals surface area contributed by atoms with Crippen LogP contribution in [0.4, 0.5) is 4.39 Å². The van der Waals surface area contributed by atoms with Gasteiger partial charge in [0.05, 0.1) is 11.5 Å². The molecule has 3 aromatic rings. The number of thioether (sulfide) groups is 1. The Kier molecular flexibility index (Phi) is 7.54. The molecule has 0 atom stereocenters. The molecular formula is C25H28FN5OS. The molecule has 1 aliphatic rings. The molecule has 4 rings (SSSR count). The maximum atomic E-state index is 13.1. The van der Waals surface area contributed by atoms with Crippen molar-refractivity contribution >= 4 is 23.4 Å². The van der Waals surface area contributed by atoms with Gasteiger partial charge in [0.25, 0.3) is 5.91 Å². The molecule has 33 heavy (non-hydrogen) atoms. The van der Waals surface area contributed by atoms with Crippen LogP contribution in [-0.2, 0) is 4.79 Å². The van der Waals surface area contributed by atoms with Crippen molar-refractivity contribution in [1.82, 2.24) is 20.2 Å². The Morgan fingerprint density at radius 1 is 1.09 bits per heavy atom. The standard InChI is InChI=1S/C25H28FN5OS/c1-17-8-10-20(11-9-17)24-29-30-25(31(24)22-6-4-3-5-7-22)33-16-23(32)28-27-18(2)19-12-14-21(26)15-13-19/h8-15,22H,3-7,16H2,1-2H3,(H,28,32). The van der Waals surface area contributed by atoms with Crippen molar-refractivity contribution < 1.29 is 9.18 Å². The first-order chi connectivity index (χ1) is 16.0. The minimum atomic E-state index is -0.306. The van der Waals surface area contributed by atoms with Gasteiger partial charge in [0.15, 0.2) is 11.0 Å². The number of halogens is 1. The lowest BCUT2D eigenvalue weighted by molar-refractivity contribution is -0.118. The molecular weight excluding hydrogens is 437 g/mol. The molecule has 0 aliphatic heterocycles. The minimum Gasteiger partial charge on any atom is -0.299 e. The number of aryl methyl sites for hydroxylation is 1. The second-order valence-electron chi connectivity index (χ2n) is 8.36. The second-order valence-corrected chi connectivity index (χ2v) is 9.30. The number of rotatable bonds is 7. The fourth-order valence-corrected chi connectivity index (χ4v) is 4.81. The third-order valence-corrected chi connectivity index (χ3v) is 6.80. The Bertz CT molecular complexity index is 1120. The molecule has 0 saturated heterocycles. The van der Waals surface area contributed by atoms with Crippen LogP contribution in [0.3, 0.4) is 0 Å². The first-order valence-corrected chi connectivity index (χ1v) is 12.2. The van der Waals surface area contributed by atoms with E-state index < -0.39 is 0 Å². The number of benzene rings is 2. The summed E-state index contributed by atoms with van der Waals surface area (Å²) in [6.07, 6.45) is 5.83. The average molecular weight is 466 g/mol. The molecule has 6 nitrogen and oxygen atoms in total. The first-order valence-electron chi connectivity index (χ1n) is 11.2. The maximum Gasteiger partial charge on any atom is 0.250 e. The summed E-state index contributed by atoms with van der Waals surface area (Å²) >= 11 is 1.38. The molecule has 8 heteroatoms. The smallest absolute Gasteiger partial charge is 0.250 e. The van der Waals surface area contributed by atoms with Crippen LogP contribution in [-0.4, -0.2) is 32.1 Å². The lowest BCUT2D eigenvalue weighted by atomic mass is 9.95. The highest BCUT2D eigenvalue weighted by Gasteiger charge is 2.24. The molecule has 0 unspecified atom stereocenters. The van der Waals surface area contributed by atoms with Gasteiger partial charge in [-0.25, -0.2) is 9.82 Å². The number of hydrogen-bond acceptors (Lipinski definition) is 5. The van der Waals surface area contributed by atoms with E-state index in [1.54, 1.807) is 19.1 Å². The van der Waals surface area contributed by atoms with Crippen molar-refractivity contribution in [3.8, 4) is 11.4 Å². The molecule has 2 aromatic carbocycles. The van der Waals surface area contributed by atoms with E-state index in [1.165, 1.54) is 48.7 Å². The van der Waals surface area contributed by atoms with E-state index in [0.29, 0.717) is 11.8 Å². The van der Waals surface area contributed by atoms with Crippen LogP contribution in [0.5, 0.6) is 0 Å². The number of hydrogen-bond donors (Lipinski definition) is 1. The molecule has 1 heterocycles. The Hall–Kier alpha value is -3.00. The van der Waals surface area contributed by atoms with Gasteiger partial charge >= 0.3 is 0 Å². The van der Waals surface area contributed by atoms with Crippen molar-refractivity contribution in [2.75, 3.05) is 5.75 Å². The predicted octanol–water partition coefficient (Wildman–Crippen LogP) is 5.53. The van der Waals surface area contributed by atoms with Crippen LogP contribution in [0.15, 0.2) is 58.8 Å². The van der Waals surface area contributed by atoms with E-state index in [4.69, 9.17) is 0 Å². The van der Waals surface area contributed by atoms with E-state index in [9.17, 15) is 9.18 Å². The quantitative estimate of drug-likeness (QED) is 0.283. The average Bonchev–Trinajstić information content (AvgIpc) is 3.26. The Morgan fingerprint density at radius 3 is 2.48 bits per heavy atom. The fraction of sp³-hybridized carbons (Fsp3) is 0.360. The van der Waals surface area contributed by atoms with E-state index in [2.05, 4.69) is 56.5 Å². The molecule has 1 amide bonds. The minimum absolute atomic E-state index is 0.180. The number of aromatic nitrogens is 3. The summed E-state index contributed by atoms with van der Waals surface area (Å²) in [6, 6.07) is 14.7. The van der Waals surface area contributed by atoms with Crippen molar-refractivity contribution in [3.05, 3.63) is 65.5 Å². The van der Waals surface area contributed by atoms with E-state index in [1.807, 2.05) is 0 Å². The predicted molar refractivity (Wildman–Crippen MR) is 130 cm³/mol. The summed E-state index contributed by atoms with van der Waals surface area (Å²) < 4.78 is 15.3. The van der Waals surface area contributed by atoms with Crippen LogP contribution in [0.2, 0.25) is 0 Å². The zero-order valence-electron chi connectivity index (χ0n) is 18.9. The highest BCUT2D eigenvalue weighted by molar-refractivity contribution is 7.99. The molecule has 1 fully saturated rings. The first kappa shape index (κ1) is 23.2. The number of nitrogens with one attached hydrogen (secondary N) is 1. The van der Waals surface area contributed by atoms with Gasteiger partial charge in [-0.2, -0.15) is 5.10 Å². The third-order valence-electron chi connectivity index (χ3n) is 5.86. The topological polar surface area (TPSA) is 72.2 Å². The lowest BCUT2D eigenvalue weighted by Crippen LogP contribution is -2.22.